The average Bonchev–Trinajstić information content (AvgIpc) is 2.63. The van der Waals surface area contributed by atoms with E-state index in [2.05, 4.69) is 39.8 Å². The zero-order chi connectivity index (χ0) is 19.2. The number of hydrogen-bond acceptors (Lipinski definition) is 3. The van der Waals surface area contributed by atoms with Gasteiger partial charge in [0.1, 0.15) is 11.4 Å². The number of hydrogen-bond donors (Lipinski definition) is 0. The van der Waals surface area contributed by atoms with Crippen molar-refractivity contribution in [1.29, 1.82) is 0 Å². The van der Waals surface area contributed by atoms with Crippen LogP contribution in [0.2, 0.25) is 0 Å². The van der Waals surface area contributed by atoms with Crippen molar-refractivity contribution in [2.24, 2.45) is 23.2 Å². The van der Waals surface area contributed by atoms with Gasteiger partial charge in [-0.15, -0.1) is 0 Å². The van der Waals surface area contributed by atoms with Crippen molar-refractivity contribution in [2.45, 2.75) is 77.7 Å². The third kappa shape index (κ3) is 3.50. The number of carbonyl (C=O) groups is 1. The number of ether oxygens (including phenoxy) is 2. The molecule has 27 heavy (non-hydrogen) atoms. The van der Waals surface area contributed by atoms with Crippen LogP contribution in [0, 0.1) is 23.2 Å². The maximum atomic E-state index is 12.6. The van der Waals surface area contributed by atoms with E-state index in [-0.39, 0.29) is 18.2 Å². The SMILES string of the molecule is CCC(C)c1ccc(OCC(=O)OC2(C)C3CC4CC2CC(C)(C4)C3)cc1. The fourth-order valence-corrected chi connectivity index (χ4v) is 6.29. The van der Waals surface area contributed by atoms with Gasteiger partial charge in [0.15, 0.2) is 6.61 Å². The molecule has 1 aromatic carbocycles. The molecule has 148 valence electrons. The Hall–Kier alpha value is -1.51. The van der Waals surface area contributed by atoms with Gasteiger partial charge in [-0.05, 0) is 92.2 Å². The lowest BCUT2D eigenvalue weighted by Gasteiger charge is -2.62. The van der Waals surface area contributed by atoms with Crippen LogP contribution >= 0.6 is 0 Å². The third-order valence-electron chi connectivity index (χ3n) is 7.87. The summed E-state index contributed by atoms with van der Waals surface area (Å²) in [6, 6.07) is 8.10. The van der Waals surface area contributed by atoms with Crippen LogP contribution in [-0.2, 0) is 9.53 Å². The van der Waals surface area contributed by atoms with Gasteiger partial charge < -0.3 is 9.47 Å². The zero-order valence-electron chi connectivity index (χ0n) is 17.3. The Morgan fingerprint density at radius 1 is 1.11 bits per heavy atom. The Labute approximate surface area is 163 Å². The minimum Gasteiger partial charge on any atom is -0.482 e. The van der Waals surface area contributed by atoms with Crippen LogP contribution in [0.4, 0.5) is 0 Å². The first kappa shape index (κ1) is 18.8. The monoisotopic (exact) mass is 370 g/mol. The largest absolute Gasteiger partial charge is 0.482 e. The van der Waals surface area contributed by atoms with Crippen molar-refractivity contribution in [3.63, 3.8) is 0 Å². The summed E-state index contributed by atoms with van der Waals surface area (Å²) in [5, 5.41) is 0. The minimum absolute atomic E-state index is 0.00158. The summed E-state index contributed by atoms with van der Waals surface area (Å²) in [6.07, 6.45) is 7.37. The topological polar surface area (TPSA) is 35.5 Å². The van der Waals surface area contributed by atoms with Crippen LogP contribution in [0.25, 0.3) is 0 Å². The summed E-state index contributed by atoms with van der Waals surface area (Å²) < 4.78 is 11.8. The van der Waals surface area contributed by atoms with E-state index in [1.807, 2.05) is 12.1 Å². The number of benzene rings is 1. The van der Waals surface area contributed by atoms with E-state index in [1.54, 1.807) is 0 Å². The molecule has 5 rings (SSSR count). The Morgan fingerprint density at radius 3 is 2.30 bits per heavy atom. The Kier molecular flexibility index (Phi) is 4.76. The van der Waals surface area contributed by atoms with Gasteiger partial charge in [0.25, 0.3) is 0 Å². The highest BCUT2D eigenvalue weighted by molar-refractivity contribution is 5.71. The fraction of sp³-hybridized carbons (Fsp3) is 0.708. The van der Waals surface area contributed by atoms with Crippen LogP contribution in [0.1, 0.15) is 77.7 Å². The summed E-state index contributed by atoms with van der Waals surface area (Å²) in [5.41, 5.74) is 1.50. The van der Waals surface area contributed by atoms with Gasteiger partial charge in [0.05, 0.1) is 0 Å². The van der Waals surface area contributed by atoms with E-state index in [4.69, 9.17) is 9.47 Å². The first-order valence-electron chi connectivity index (χ1n) is 10.8. The summed E-state index contributed by atoms with van der Waals surface area (Å²) in [4.78, 5) is 12.6. The van der Waals surface area contributed by atoms with Crippen molar-refractivity contribution >= 4 is 5.97 Å². The molecule has 0 radical (unpaired) electrons. The molecule has 4 fully saturated rings. The van der Waals surface area contributed by atoms with Gasteiger partial charge in [0, 0.05) is 0 Å². The molecule has 0 aromatic heterocycles. The molecule has 4 aliphatic rings. The van der Waals surface area contributed by atoms with Crippen molar-refractivity contribution in [3.05, 3.63) is 29.8 Å². The second-order valence-corrected chi connectivity index (χ2v) is 9.98. The van der Waals surface area contributed by atoms with Crippen LogP contribution in [-0.4, -0.2) is 18.2 Å². The second-order valence-electron chi connectivity index (χ2n) is 9.98. The molecule has 0 saturated heterocycles. The minimum atomic E-state index is -0.294. The maximum Gasteiger partial charge on any atom is 0.344 e. The number of rotatable bonds is 6. The molecule has 0 aliphatic heterocycles. The first-order chi connectivity index (χ1) is 12.8. The Balaban J connectivity index is 1.34. The van der Waals surface area contributed by atoms with Gasteiger partial charge in [-0.25, -0.2) is 4.79 Å². The lowest BCUT2D eigenvalue weighted by Crippen LogP contribution is -2.60. The molecule has 0 spiro atoms. The molecule has 0 amide bonds. The third-order valence-corrected chi connectivity index (χ3v) is 7.87. The summed E-state index contributed by atoms with van der Waals surface area (Å²) in [6.45, 7) is 9.03. The smallest absolute Gasteiger partial charge is 0.344 e. The van der Waals surface area contributed by atoms with Crippen LogP contribution < -0.4 is 4.74 Å². The van der Waals surface area contributed by atoms with Gasteiger partial charge in [0.2, 0.25) is 0 Å². The highest BCUT2D eigenvalue weighted by atomic mass is 16.6. The van der Waals surface area contributed by atoms with E-state index < -0.39 is 0 Å². The molecule has 4 saturated carbocycles. The lowest BCUT2D eigenvalue weighted by molar-refractivity contribution is -0.217. The highest BCUT2D eigenvalue weighted by Gasteiger charge is 2.60. The molecule has 3 unspecified atom stereocenters. The number of esters is 1. The molecule has 3 atom stereocenters. The summed E-state index contributed by atoms with van der Waals surface area (Å²) >= 11 is 0. The quantitative estimate of drug-likeness (QED) is 0.600. The molecular weight excluding hydrogens is 336 g/mol. The summed E-state index contributed by atoms with van der Waals surface area (Å²) in [7, 11) is 0. The van der Waals surface area contributed by atoms with Crippen LogP contribution in [0.15, 0.2) is 24.3 Å². The van der Waals surface area contributed by atoms with Crippen LogP contribution in [0.5, 0.6) is 5.75 Å². The lowest BCUT2D eigenvalue weighted by atomic mass is 9.45. The molecule has 4 bridgehead atoms. The van der Waals surface area contributed by atoms with E-state index in [9.17, 15) is 4.79 Å². The molecule has 4 aliphatic carbocycles. The van der Waals surface area contributed by atoms with Crippen molar-refractivity contribution < 1.29 is 14.3 Å². The van der Waals surface area contributed by atoms with Crippen molar-refractivity contribution in [2.75, 3.05) is 6.61 Å². The molecule has 0 heterocycles. The second kappa shape index (κ2) is 6.83. The van der Waals surface area contributed by atoms with E-state index in [0.29, 0.717) is 23.2 Å². The zero-order valence-corrected chi connectivity index (χ0v) is 17.3. The van der Waals surface area contributed by atoms with E-state index >= 15 is 0 Å². The predicted octanol–water partition coefficient (Wildman–Crippen LogP) is 5.73. The number of carbonyl (C=O) groups excluding carboxylic acids is 1. The van der Waals surface area contributed by atoms with Crippen molar-refractivity contribution in [1.82, 2.24) is 0 Å². The van der Waals surface area contributed by atoms with E-state index in [1.165, 1.54) is 37.7 Å². The average molecular weight is 371 g/mol. The van der Waals surface area contributed by atoms with Crippen LogP contribution in [0.3, 0.4) is 0 Å². The highest BCUT2D eigenvalue weighted by Crippen LogP contribution is 2.64. The predicted molar refractivity (Wildman–Crippen MR) is 107 cm³/mol. The first-order valence-corrected chi connectivity index (χ1v) is 10.8. The standard InChI is InChI=1S/C24H34O3/c1-5-16(2)18-6-8-21(9-7-18)26-15-22(25)27-24(4)19-10-17-11-20(24)14-23(3,12-17)13-19/h6-9,16-17,19-20H,5,10-15H2,1-4H3. The van der Waals surface area contributed by atoms with Gasteiger partial charge in [-0.3, -0.25) is 0 Å². The van der Waals surface area contributed by atoms with Gasteiger partial charge in [-0.2, -0.15) is 0 Å². The summed E-state index contributed by atoms with van der Waals surface area (Å²) in [5.74, 6) is 2.95. The molecule has 3 nitrogen and oxygen atoms in total. The molecule has 3 heteroatoms. The molecule has 0 N–H and O–H groups in total. The Morgan fingerprint density at radius 2 is 1.74 bits per heavy atom. The van der Waals surface area contributed by atoms with Crippen molar-refractivity contribution in [3.8, 4) is 5.75 Å². The fourth-order valence-electron chi connectivity index (χ4n) is 6.29. The normalized spacial score (nSPS) is 37.9. The Bertz CT molecular complexity index is 676. The van der Waals surface area contributed by atoms with Gasteiger partial charge >= 0.3 is 5.97 Å². The van der Waals surface area contributed by atoms with Gasteiger partial charge in [-0.1, -0.05) is 32.9 Å². The maximum absolute atomic E-state index is 12.6. The molecular formula is C24H34O3. The molecule has 1 aromatic rings. The van der Waals surface area contributed by atoms with E-state index in [0.717, 1.165) is 18.1 Å².